The van der Waals surface area contributed by atoms with Crippen LogP contribution in [-0.2, 0) is 16.5 Å². The highest BCUT2D eigenvalue weighted by Crippen LogP contribution is 2.49. The second-order valence-corrected chi connectivity index (χ2v) is 8.44. The van der Waals surface area contributed by atoms with Crippen molar-refractivity contribution in [1.82, 2.24) is 9.88 Å². The molecule has 0 amide bonds. The Bertz CT molecular complexity index is 951. The minimum Gasteiger partial charge on any atom is -0.479 e. The summed E-state index contributed by atoms with van der Waals surface area (Å²) in [4.78, 5) is 12.9. The van der Waals surface area contributed by atoms with Crippen molar-refractivity contribution in [2.24, 2.45) is 0 Å². The fraction of sp³-hybridized carbons (Fsp3) is 0.476. The highest BCUT2D eigenvalue weighted by atomic mass is 19.4. The minimum absolute atomic E-state index is 0.0938. The molecule has 1 aromatic heterocycles. The van der Waals surface area contributed by atoms with Gasteiger partial charge in [-0.1, -0.05) is 12.1 Å². The van der Waals surface area contributed by atoms with Crippen LogP contribution >= 0.6 is 0 Å². The largest absolute Gasteiger partial charge is 0.479 e. The number of piperidine rings is 1. The second-order valence-electron chi connectivity index (χ2n) is 8.44. The van der Waals surface area contributed by atoms with Gasteiger partial charge in [0.1, 0.15) is 17.0 Å². The number of aromatic nitrogens is 1. The number of hydrogen-bond donors (Lipinski definition) is 1. The number of carbonyl (C=O) groups is 1. The average molecular weight is 408 g/mol. The van der Waals surface area contributed by atoms with Gasteiger partial charge in [-0.3, -0.25) is 0 Å². The Hall–Kier alpha value is -2.48. The third kappa shape index (κ3) is 3.39. The molecule has 2 aliphatic heterocycles. The molecule has 1 fully saturated rings. The lowest BCUT2D eigenvalue weighted by Gasteiger charge is -2.43. The summed E-state index contributed by atoms with van der Waals surface area (Å²) in [5.41, 5.74) is -2.37. The number of halogens is 3. The van der Waals surface area contributed by atoms with Crippen LogP contribution in [-0.4, -0.2) is 29.2 Å². The lowest BCUT2D eigenvalue weighted by molar-refractivity contribution is -0.143. The van der Waals surface area contributed by atoms with Crippen molar-refractivity contribution < 1.29 is 27.4 Å². The molecule has 1 saturated heterocycles. The zero-order valence-electron chi connectivity index (χ0n) is 16.5. The molecule has 4 rings (SSSR count). The van der Waals surface area contributed by atoms with Crippen LogP contribution in [0.1, 0.15) is 55.4 Å². The Kier molecular flexibility index (Phi) is 4.45. The highest BCUT2D eigenvalue weighted by Gasteiger charge is 2.50. The van der Waals surface area contributed by atoms with E-state index in [1.807, 2.05) is 0 Å². The summed E-state index contributed by atoms with van der Waals surface area (Å²) in [6.07, 6.45) is -3.76. The van der Waals surface area contributed by atoms with Gasteiger partial charge in [0.05, 0.1) is 16.9 Å². The SMILES string of the molecule is CC(C)(C)OC(=O)c1cc(C(F)(F)F)n2c1C1(CCNCC1)Oc1ccccc1-2. The van der Waals surface area contributed by atoms with Crippen molar-refractivity contribution in [3.8, 4) is 11.4 Å². The number of fused-ring (bicyclic) bond motifs is 4. The van der Waals surface area contributed by atoms with Crippen LogP contribution in [0, 0.1) is 0 Å². The zero-order valence-corrected chi connectivity index (χ0v) is 16.5. The lowest BCUT2D eigenvalue weighted by atomic mass is 9.85. The molecule has 8 heteroatoms. The molecule has 0 bridgehead atoms. The summed E-state index contributed by atoms with van der Waals surface area (Å²) in [5, 5.41) is 3.21. The Morgan fingerprint density at radius 1 is 1.17 bits per heavy atom. The van der Waals surface area contributed by atoms with Gasteiger partial charge in [-0.15, -0.1) is 0 Å². The van der Waals surface area contributed by atoms with Gasteiger partial charge in [0.15, 0.2) is 5.60 Å². The quantitative estimate of drug-likeness (QED) is 0.710. The number of alkyl halides is 3. The third-order valence-corrected chi connectivity index (χ3v) is 5.16. The molecule has 1 aromatic carbocycles. The first-order valence-electron chi connectivity index (χ1n) is 9.58. The van der Waals surface area contributed by atoms with Gasteiger partial charge in [-0.25, -0.2) is 4.79 Å². The van der Waals surface area contributed by atoms with E-state index in [2.05, 4.69) is 5.32 Å². The Morgan fingerprint density at radius 3 is 2.45 bits per heavy atom. The molecule has 2 aliphatic rings. The molecule has 156 valence electrons. The van der Waals surface area contributed by atoms with Crippen molar-refractivity contribution in [2.45, 2.75) is 51.0 Å². The van der Waals surface area contributed by atoms with Gasteiger partial charge in [0.2, 0.25) is 0 Å². The number of rotatable bonds is 1. The average Bonchev–Trinajstić information content (AvgIpc) is 3.04. The second kappa shape index (κ2) is 6.52. The maximum Gasteiger partial charge on any atom is 0.431 e. The summed E-state index contributed by atoms with van der Waals surface area (Å²) in [7, 11) is 0. The van der Waals surface area contributed by atoms with E-state index in [0.717, 1.165) is 10.6 Å². The Balaban J connectivity index is 2.01. The maximum atomic E-state index is 14.0. The fourth-order valence-electron chi connectivity index (χ4n) is 4.06. The lowest BCUT2D eigenvalue weighted by Crippen LogP contribution is -2.48. The first kappa shape index (κ1) is 19.8. The normalized spacial score (nSPS) is 18.0. The molecule has 3 heterocycles. The van der Waals surface area contributed by atoms with E-state index in [1.54, 1.807) is 45.0 Å². The van der Waals surface area contributed by atoms with Crippen molar-refractivity contribution in [2.75, 3.05) is 13.1 Å². The summed E-state index contributed by atoms with van der Waals surface area (Å²) in [5.74, 6) is -0.406. The zero-order chi connectivity index (χ0) is 21.0. The van der Waals surface area contributed by atoms with E-state index in [-0.39, 0.29) is 16.9 Å². The number of nitrogens with one attached hydrogen (secondary N) is 1. The van der Waals surface area contributed by atoms with E-state index < -0.39 is 29.0 Å². The van der Waals surface area contributed by atoms with Crippen molar-refractivity contribution in [1.29, 1.82) is 0 Å². The number of para-hydroxylation sites is 2. The van der Waals surface area contributed by atoms with Crippen molar-refractivity contribution in [3.05, 3.63) is 47.3 Å². The molecule has 1 spiro atoms. The summed E-state index contributed by atoms with van der Waals surface area (Å²) < 4.78 is 54.9. The van der Waals surface area contributed by atoms with Gasteiger partial charge in [0, 0.05) is 12.8 Å². The van der Waals surface area contributed by atoms with E-state index in [0.29, 0.717) is 31.7 Å². The fourth-order valence-corrected chi connectivity index (χ4v) is 4.06. The van der Waals surface area contributed by atoms with Gasteiger partial charge in [-0.05, 0) is 52.1 Å². The van der Waals surface area contributed by atoms with Crippen LogP contribution in [0.25, 0.3) is 5.69 Å². The van der Waals surface area contributed by atoms with Gasteiger partial charge < -0.3 is 19.4 Å². The molecule has 1 N–H and O–H groups in total. The van der Waals surface area contributed by atoms with Crippen LogP contribution in [0.2, 0.25) is 0 Å². The van der Waals surface area contributed by atoms with E-state index in [9.17, 15) is 18.0 Å². The predicted octanol–water partition coefficient (Wildman–Crippen LogP) is 4.42. The van der Waals surface area contributed by atoms with Crippen LogP contribution in [0.3, 0.4) is 0 Å². The molecule has 0 radical (unpaired) electrons. The number of nitrogens with zero attached hydrogens (tertiary/aromatic N) is 1. The molecule has 0 aliphatic carbocycles. The molecule has 0 saturated carbocycles. The summed E-state index contributed by atoms with van der Waals surface area (Å²) >= 11 is 0. The van der Waals surface area contributed by atoms with E-state index in [4.69, 9.17) is 9.47 Å². The molecular weight excluding hydrogens is 385 g/mol. The van der Waals surface area contributed by atoms with Crippen LogP contribution in [0.5, 0.6) is 5.75 Å². The third-order valence-electron chi connectivity index (χ3n) is 5.16. The van der Waals surface area contributed by atoms with E-state index >= 15 is 0 Å². The van der Waals surface area contributed by atoms with Crippen molar-refractivity contribution in [3.63, 3.8) is 0 Å². The van der Waals surface area contributed by atoms with Gasteiger partial charge in [0.25, 0.3) is 0 Å². The highest BCUT2D eigenvalue weighted by molar-refractivity contribution is 5.92. The van der Waals surface area contributed by atoms with Crippen LogP contribution < -0.4 is 10.1 Å². The number of hydrogen-bond acceptors (Lipinski definition) is 4. The van der Waals surface area contributed by atoms with Crippen molar-refractivity contribution >= 4 is 5.97 Å². The Morgan fingerprint density at radius 2 is 1.83 bits per heavy atom. The van der Waals surface area contributed by atoms with Crippen LogP contribution in [0.15, 0.2) is 30.3 Å². The monoisotopic (exact) mass is 408 g/mol. The number of benzene rings is 1. The standard InChI is InChI=1S/C21H23F3N2O3/c1-19(2,3)29-18(27)13-12-16(21(22,23)24)26-14-6-4-5-7-15(14)28-20(17(13)26)8-10-25-11-9-20/h4-7,12,25H,8-11H2,1-3H3. The molecule has 0 unspecified atom stereocenters. The van der Waals surface area contributed by atoms with Gasteiger partial charge in [-0.2, -0.15) is 13.2 Å². The van der Waals surface area contributed by atoms with Crippen LogP contribution in [0.4, 0.5) is 13.2 Å². The Labute approximate surface area is 166 Å². The first-order valence-corrected chi connectivity index (χ1v) is 9.58. The molecule has 5 nitrogen and oxygen atoms in total. The predicted molar refractivity (Wildman–Crippen MR) is 100 cm³/mol. The molecule has 29 heavy (non-hydrogen) atoms. The molecular formula is C21H23F3N2O3. The number of carbonyl (C=O) groups excluding carboxylic acids is 1. The summed E-state index contributed by atoms with van der Waals surface area (Å²) in [6, 6.07) is 7.51. The minimum atomic E-state index is -4.65. The number of ether oxygens (including phenoxy) is 2. The number of esters is 1. The van der Waals surface area contributed by atoms with Gasteiger partial charge >= 0.3 is 12.1 Å². The summed E-state index contributed by atoms with van der Waals surface area (Å²) in [6.45, 7) is 6.20. The molecule has 0 atom stereocenters. The molecule has 2 aromatic rings. The first-order chi connectivity index (χ1) is 13.5. The maximum absolute atomic E-state index is 14.0. The topological polar surface area (TPSA) is 52.5 Å². The van der Waals surface area contributed by atoms with E-state index in [1.165, 1.54) is 0 Å². The smallest absolute Gasteiger partial charge is 0.431 e.